The fraction of sp³-hybridized carbons (Fsp3) is 0.286. The maximum atomic E-state index is 14.0. The van der Waals surface area contributed by atoms with Crippen molar-refractivity contribution in [2.45, 2.75) is 20.3 Å². The summed E-state index contributed by atoms with van der Waals surface area (Å²) in [5.74, 6) is 0.517. The topological polar surface area (TPSA) is 55.0 Å². The standard InChI is InChI=1S/C14H15FN2O2/c1-4-12-16-13(8(2)14(18)17-12)10-6-5-9(19-3)7-11(10)15/h5-7H,4H2,1-3H3,(H,16,17,18). The van der Waals surface area contributed by atoms with E-state index >= 15 is 0 Å². The molecule has 0 aliphatic rings. The summed E-state index contributed by atoms with van der Waals surface area (Å²) in [6.07, 6.45) is 0.584. The molecule has 1 aromatic carbocycles. The fourth-order valence-corrected chi connectivity index (χ4v) is 1.82. The zero-order valence-corrected chi connectivity index (χ0v) is 11.1. The van der Waals surface area contributed by atoms with Crippen LogP contribution in [0.3, 0.4) is 0 Å². The molecule has 0 saturated carbocycles. The minimum absolute atomic E-state index is 0.239. The summed E-state index contributed by atoms with van der Waals surface area (Å²) in [6, 6.07) is 4.50. The summed E-state index contributed by atoms with van der Waals surface area (Å²) in [5, 5.41) is 0. The molecule has 0 unspecified atom stereocenters. The van der Waals surface area contributed by atoms with Crippen LogP contribution in [0.2, 0.25) is 0 Å². The largest absolute Gasteiger partial charge is 0.497 e. The van der Waals surface area contributed by atoms with E-state index in [0.717, 1.165) is 0 Å². The van der Waals surface area contributed by atoms with Crippen molar-refractivity contribution in [3.8, 4) is 17.0 Å². The SMILES string of the molecule is CCc1nc(-c2ccc(OC)cc2F)c(C)c(=O)[nH]1. The average Bonchev–Trinajstić information content (AvgIpc) is 2.42. The highest BCUT2D eigenvalue weighted by molar-refractivity contribution is 5.64. The van der Waals surface area contributed by atoms with E-state index in [-0.39, 0.29) is 5.56 Å². The number of ether oxygens (including phenoxy) is 1. The summed E-state index contributed by atoms with van der Waals surface area (Å²) in [7, 11) is 1.47. The molecule has 0 aliphatic heterocycles. The smallest absolute Gasteiger partial charge is 0.254 e. The van der Waals surface area contributed by atoms with Crippen LogP contribution in [0.25, 0.3) is 11.3 Å². The first-order valence-corrected chi connectivity index (χ1v) is 6.00. The van der Waals surface area contributed by atoms with Crippen molar-refractivity contribution >= 4 is 0 Å². The Kier molecular flexibility index (Phi) is 3.64. The summed E-state index contributed by atoms with van der Waals surface area (Å²) in [4.78, 5) is 18.7. The number of aryl methyl sites for hydroxylation is 1. The molecule has 0 atom stereocenters. The molecule has 0 radical (unpaired) electrons. The molecule has 0 saturated heterocycles. The van der Waals surface area contributed by atoms with Gasteiger partial charge in [-0.2, -0.15) is 0 Å². The minimum Gasteiger partial charge on any atom is -0.497 e. The van der Waals surface area contributed by atoms with Gasteiger partial charge in [-0.3, -0.25) is 4.79 Å². The quantitative estimate of drug-likeness (QED) is 0.924. The third-order valence-corrected chi connectivity index (χ3v) is 2.97. The highest BCUT2D eigenvalue weighted by Gasteiger charge is 2.13. The van der Waals surface area contributed by atoms with E-state index in [0.29, 0.717) is 34.8 Å². The molecule has 5 heteroatoms. The van der Waals surface area contributed by atoms with Crippen molar-refractivity contribution in [2.24, 2.45) is 0 Å². The van der Waals surface area contributed by atoms with Crippen molar-refractivity contribution < 1.29 is 9.13 Å². The van der Waals surface area contributed by atoms with Crippen LogP contribution in [-0.4, -0.2) is 17.1 Å². The molecule has 0 fully saturated rings. The lowest BCUT2D eigenvalue weighted by atomic mass is 10.1. The van der Waals surface area contributed by atoms with Gasteiger partial charge in [0.05, 0.1) is 12.8 Å². The van der Waals surface area contributed by atoms with Crippen LogP contribution in [0.15, 0.2) is 23.0 Å². The number of hydrogen-bond acceptors (Lipinski definition) is 3. The molecule has 2 aromatic rings. The summed E-state index contributed by atoms with van der Waals surface area (Å²) < 4.78 is 19.0. The second-order valence-electron chi connectivity index (χ2n) is 4.19. The van der Waals surface area contributed by atoms with Gasteiger partial charge in [0.15, 0.2) is 0 Å². The first-order valence-electron chi connectivity index (χ1n) is 6.00. The number of hydrogen-bond donors (Lipinski definition) is 1. The number of halogens is 1. The summed E-state index contributed by atoms with van der Waals surface area (Å²) in [6.45, 7) is 3.51. The molecule has 0 aliphatic carbocycles. The van der Waals surface area contributed by atoms with Crippen molar-refractivity contribution in [1.82, 2.24) is 9.97 Å². The van der Waals surface area contributed by atoms with E-state index < -0.39 is 5.82 Å². The van der Waals surface area contributed by atoms with Gasteiger partial charge in [-0.15, -0.1) is 0 Å². The van der Waals surface area contributed by atoms with Crippen LogP contribution < -0.4 is 10.3 Å². The van der Waals surface area contributed by atoms with Crippen molar-refractivity contribution in [3.05, 3.63) is 45.8 Å². The molecule has 0 amide bonds. The maximum absolute atomic E-state index is 14.0. The third kappa shape index (κ3) is 2.50. The number of nitrogens with one attached hydrogen (secondary N) is 1. The van der Waals surface area contributed by atoms with Gasteiger partial charge in [0, 0.05) is 23.6 Å². The van der Waals surface area contributed by atoms with E-state index in [4.69, 9.17) is 4.74 Å². The molecular formula is C14H15FN2O2. The first-order chi connectivity index (χ1) is 9.06. The van der Waals surface area contributed by atoms with Crippen LogP contribution in [-0.2, 0) is 6.42 Å². The van der Waals surface area contributed by atoms with Gasteiger partial charge < -0.3 is 9.72 Å². The van der Waals surface area contributed by atoms with E-state index in [9.17, 15) is 9.18 Å². The van der Waals surface area contributed by atoms with E-state index in [2.05, 4.69) is 9.97 Å². The van der Waals surface area contributed by atoms with E-state index in [1.165, 1.54) is 13.2 Å². The van der Waals surface area contributed by atoms with Crippen LogP contribution in [0, 0.1) is 12.7 Å². The second kappa shape index (κ2) is 5.22. The van der Waals surface area contributed by atoms with Gasteiger partial charge in [0.25, 0.3) is 5.56 Å². The lowest BCUT2D eigenvalue weighted by Gasteiger charge is -2.09. The van der Waals surface area contributed by atoms with E-state index in [1.54, 1.807) is 19.1 Å². The number of aromatic nitrogens is 2. The number of benzene rings is 1. The number of methoxy groups -OCH3 is 1. The van der Waals surface area contributed by atoms with Gasteiger partial charge in [-0.1, -0.05) is 6.92 Å². The highest BCUT2D eigenvalue weighted by atomic mass is 19.1. The first kappa shape index (κ1) is 13.3. The lowest BCUT2D eigenvalue weighted by molar-refractivity contribution is 0.411. The Morgan fingerprint density at radius 2 is 2.16 bits per heavy atom. The number of rotatable bonds is 3. The zero-order valence-electron chi connectivity index (χ0n) is 11.1. The van der Waals surface area contributed by atoms with Gasteiger partial charge in [-0.05, 0) is 19.1 Å². The molecule has 0 spiro atoms. The molecule has 100 valence electrons. The number of aromatic amines is 1. The molecule has 1 heterocycles. The van der Waals surface area contributed by atoms with Crippen LogP contribution >= 0.6 is 0 Å². The van der Waals surface area contributed by atoms with Crippen molar-refractivity contribution in [3.63, 3.8) is 0 Å². The molecule has 1 N–H and O–H groups in total. The van der Waals surface area contributed by atoms with Gasteiger partial charge in [-0.25, -0.2) is 9.37 Å². The monoisotopic (exact) mass is 262 g/mol. The van der Waals surface area contributed by atoms with E-state index in [1.807, 2.05) is 6.92 Å². The second-order valence-corrected chi connectivity index (χ2v) is 4.19. The Labute approximate surface area is 110 Å². The third-order valence-electron chi connectivity index (χ3n) is 2.97. The van der Waals surface area contributed by atoms with Crippen LogP contribution in [0.5, 0.6) is 5.75 Å². The Balaban J connectivity index is 2.64. The zero-order chi connectivity index (χ0) is 14.0. The fourth-order valence-electron chi connectivity index (χ4n) is 1.82. The highest BCUT2D eigenvalue weighted by Crippen LogP contribution is 2.25. The minimum atomic E-state index is -0.456. The Bertz CT molecular complexity index is 665. The maximum Gasteiger partial charge on any atom is 0.254 e. The van der Waals surface area contributed by atoms with Gasteiger partial charge >= 0.3 is 0 Å². The van der Waals surface area contributed by atoms with Crippen LogP contribution in [0.4, 0.5) is 4.39 Å². The molecule has 0 bridgehead atoms. The average molecular weight is 262 g/mol. The summed E-state index contributed by atoms with van der Waals surface area (Å²) >= 11 is 0. The van der Waals surface area contributed by atoms with Crippen molar-refractivity contribution in [1.29, 1.82) is 0 Å². The predicted octanol–water partition coefficient (Wildman–Crippen LogP) is 2.46. The number of H-pyrrole nitrogens is 1. The molecule has 4 nitrogen and oxygen atoms in total. The normalized spacial score (nSPS) is 10.5. The molecule has 1 aromatic heterocycles. The summed E-state index contributed by atoms with van der Waals surface area (Å²) in [5.41, 5.74) is 0.846. The Morgan fingerprint density at radius 3 is 2.74 bits per heavy atom. The van der Waals surface area contributed by atoms with Crippen molar-refractivity contribution in [2.75, 3.05) is 7.11 Å². The molecular weight excluding hydrogens is 247 g/mol. The lowest BCUT2D eigenvalue weighted by Crippen LogP contribution is -2.16. The van der Waals surface area contributed by atoms with Gasteiger partial charge in [0.1, 0.15) is 17.4 Å². The molecule has 2 rings (SSSR count). The molecule has 19 heavy (non-hydrogen) atoms. The Morgan fingerprint density at radius 1 is 1.42 bits per heavy atom. The van der Waals surface area contributed by atoms with Crippen LogP contribution in [0.1, 0.15) is 18.3 Å². The number of nitrogens with zero attached hydrogens (tertiary/aromatic N) is 1. The Hall–Kier alpha value is -2.17. The van der Waals surface area contributed by atoms with Gasteiger partial charge in [0.2, 0.25) is 0 Å². The predicted molar refractivity (Wildman–Crippen MR) is 70.9 cm³/mol.